The van der Waals surface area contributed by atoms with Crippen LogP contribution in [0.25, 0.3) is 0 Å². The van der Waals surface area contributed by atoms with Gasteiger partial charge in [-0.05, 0) is 25.5 Å². The highest BCUT2D eigenvalue weighted by atomic mass is 35.5. The molecular formula is C17H19Cl2F3N4O2. The number of aromatic nitrogens is 2. The third-order valence-corrected chi connectivity index (χ3v) is 4.62. The summed E-state index contributed by atoms with van der Waals surface area (Å²) in [6.45, 7) is 1.94. The molecule has 0 atom stereocenters. The van der Waals surface area contributed by atoms with Crippen molar-refractivity contribution >= 4 is 34.8 Å². The second-order valence-electron chi connectivity index (χ2n) is 5.88. The van der Waals surface area contributed by atoms with E-state index in [0.717, 1.165) is 10.4 Å². The highest BCUT2D eigenvalue weighted by Crippen LogP contribution is 2.35. The predicted molar refractivity (Wildman–Crippen MR) is 101 cm³/mol. The third-order valence-electron chi connectivity index (χ3n) is 3.85. The van der Waals surface area contributed by atoms with Gasteiger partial charge in [0.05, 0.1) is 22.8 Å². The summed E-state index contributed by atoms with van der Waals surface area (Å²) in [7, 11) is 1.52. The number of hydrogen-bond donors (Lipinski definition) is 2. The number of hydrogen-bond acceptors (Lipinski definition) is 4. The van der Waals surface area contributed by atoms with Crippen molar-refractivity contribution in [2.75, 3.05) is 25.5 Å². The number of nitrogens with one attached hydrogen (secondary N) is 2. The fourth-order valence-corrected chi connectivity index (χ4v) is 2.81. The van der Waals surface area contributed by atoms with E-state index >= 15 is 0 Å². The summed E-state index contributed by atoms with van der Waals surface area (Å²) in [4.78, 5) is 11.9. The van der Waals surface area contributed by atoms with Crippen molar-refractivity contribution in [3.05, 3.63) is 39.6 Å². The van der Waals surface area contributed by atoms with Crippen LogP contribution in [0.1, 0.15) is 17.8 Å². The average Bonchev–Trinajstić information content (AvgIpc) is 2.91. The summed E-state index contributed by atoms with van der Waals surface area (Å²) in [5.41, 5.74) is -0.293. The Morgan fingerprint density at radius 2 is 2.00 bits per heavy atom. The molecule has 0 radical (unpaired) electrons. The molecule has 0 aliphatic heterocycles. The molecule has 2 aromatic rings. The third kappa shape index (κ3) is 5.68. The Labute approximate surface area is 169 Å². The summed E-state index contributed by atoms with van der Waals surface area (Å²) in [5.74, 6) is 0.0932. The predicted octanol–water partition coefficient (Wildman–Crippen LogP) is 4.14. The zero-order valence-electron chi connectivity index (χ0n) is 15.2. The van der Waals surface area contributed by atoms with E-state index in [1.165, 1.54) is 14.0 Å². The summed E-state index contributed by atoms with van der Waals surface area (Å²) in [6, 6.07) is 5.26. The van der Waals surface area contributed by atoms with Crippen LogP contribution in [-0.2, 0) is 17.5 Å². The van der Waals surface area contributed by atoms with Crippen LogP contribution < -0.4 is 15.4 Å². The maximum Gasteiger partial charge on any atom is 0.436 e. The minimum Gasteiger partial charge on any atom is -0.495 e. The van der Waals surface area contributed by atoms with Gasteiger partial charge in [0.1, 0.15) is 12.3 Å². The lowest BCUT2D eigenvalue weighted by molar-refractivity contribution is -0.141. The number of carbonyl (C=O) groups is 1. The number of alkyl halides is 3. The van der Waals surface area contributed by atoms with Gasteiger partial charge in [-0.25, -0.2) is 0 Å². The molecule has 154 valence electrons. The molecule has 0 unspecified atom stereocenters. The smallest absolute Gasteiger partial charge is 0.436 e. The number of rotatable bonds is 8. The summed E-state index contributed by atoms with van der Waals surface area (Å²) in [5, 5.41) is 9.19. The van der Waals surface area contributed by atoms with Crippen molar-refractivity contribution in [1.82, 2.24) is 15.1 Å². The van der Waals surface area contributed by atoms with Crippen LogP contribution >= 0.6 is 23.2 Å². The minimum absolute atomic E-state index is 0.0856. The minimum atomic E-state index is -4.67. The van der Waals surface area contributed by atoms with Gasteiger partial charge in [0.15, 0.2) is 5.69 Å². The van der Waals surface area contributed by atoms with Crippen LogP contribution in [0.2, 0.25) is 10.0 Å². The van der Waals surface area contributed by atoms with Gasteiger partial charge in [-0.2, -0.15) is 18.3 Å². The lowest BCUT2D eigenvalue weighted by atomic mass is 10.3. The van der Waals surface area contributed by atoms with Gasteiger partial charge < -0.3 is 15.4 Å². The molecule has 1 aromatic carbocycles. The molecule has 2 N–H and O–H groups in total. The highest BCUT2D eigenvalue weighted by molar-refractivity contribution is 6.32. The fourth-order valence-electron chi connectivity index (χ4n) is 2.37. The van der Waals surface area contributed by atoms with E-state index in [1.807, 2.05) is 0 Å². The first-order chi connectivity index (χ1) is 13.1. The molecule has 0 aliphatic rings. The molecule has 0 bridgehead atoms. The number of ether oxygens (including phenoxy) is 1. The van der Waals surface area contributed by atoms with Gasteiger partial charge >= 0.3 is 6.18 Å². The Bertz CT molecular complexity index is 841. The second-order valence-corrected chi connectivity index (χ2v) is 6.67. The quantitative estimate of drug-likeness (QED) is 0.607. The molecule has 6 nitrogen and oxygen atoms in total. The molecule has 1 heterocycles. The molecule has 0 fully saturated rings. The lowest BCUT2D eigenvalue weighted by Crippen LogP contribution is -2.30. The average molecular weight is 439 g/mol. The van der Waals surface area contributed by atoms with Gasteiger partial charge in [0, 0.05) is 24.8 Å². The molecular weight excluding hydrogens is 420 g/mol. The van der Waals surface area contributed by atoms with Gasteiger partial charge in [-0.1, -0.05) is 23.2 Å². The van der Waals surface area contributed by atoms with E-state index in [2.05, 4.69) is 15.7 Å². The van der Waals surface area contributed by atoms with E-state index in [9.17, 15) is 18.0 Å². The van der Waals surface area contributed by atoms with Crippen molar-refractivity contribution in [3.8, 4) is 5.75 Å². The highest BCUT2D eigenvalue weighted by Gasteiger charge is 2.38. The van der Waals surface area contributed by atoms with Gasteiger partial charge in [-0.3, -0.25) is 9.48 Å². The molecule has 0 spiro atoms. The van der Waals surface area contributed by atoms with Gasteiger partial charge in [0.25, 0.3) is 0 Å². The summed E-state index contributed by atoms with van der Waals surface area (Å²) in [6.07, 6.45) is -4.07. The molecule has 0 saturated heterocycles. The summed E-state index contributed by atoms with van der Waals surface area (Å²) >= 11 is 11.6. The Morgan fingerprint density at radius 1 is 1.29 bits per heavy atom. The van der Waals surface area contributed by atoms with Crippen LogP contribution in [0.15, 0.2) is 18.2 Å². The Balaban J connectivity index is 1.78. The van der Waals surface area contributed by atoms with Crippen LogP contribution in [0.3, 0.4) is 0 Å². The normalized spacial score (nSPS) is 11.4. The fraction of sp³-hybridized carbons (Fsp3) is 0.412. The van der Waals surface area contributed by atoms with Crippen molar-refractivity contribution in [2.24, 2.45) is 0 Å². The van der Waals surface area contributed by atoms with E-state index in [0.29, 0.717) is 30.3 Å². The van der Waals surface area contributed by atoms with Crippen molar-refractivity contribution < 1.29 is 22.7 Å². The van der Waals surface area contributed by atoms with Crippen molar-refractivity contribution in [2.45, 2.75) is 26.1 Å². The SMILES string of the molecule is COc1cc(NCCCNC(=O)Cn2nc(C(F)(F)F)c(Cl)c2C)ccc1Cl. The Hall–Kier alpha value is -2.13. The van der Waals surface area contributed by atoms with E-state index in [-0.39, 0.29) is 12.2 Å². The van der Waals surface area contributed by atoms with Crippen molar-refractivity contribution in [1.29, 1.82) is 0 Å². The molecule has 0 aliphatic carbocycles. The first-order valence-corrected chi connectivity index (χ1v) is 9.03. The topological polar surface area (TPSA) is 68.2 Å². The van der Waals surface area contributed by atoms with Crippen LogP contribution in [0.5, 0.6) is 5.75 Å². The number of nitrogens with zero attached hydrogens (tertiary/aromatic N) is 2. The molecule has 28 heavy (non-hydrogen) atoms. The summed E-state index contributed by atoms with van der Waals surface area (Å²) < 4.78 is 44.4. The maximum atomic E-state index is 12.8. The van der Waals surface area contributed by atoms with E-state index in [1.54, 1.807) is 18.2 Å². The maximum absolute atomic E-state index is 12.8. The lowest BCUT2D eigenvalue weighted by Gasteiger charge is -2.10. The van der Waals surface area contributed by atoms with E-state index in [4.69, 9.17) is 27.9 Å². The first-order valence-electron chi connectivity index (χ1n) is 8.27. The number of anilines is 1. The molecule has 2 rings (SSSR count). The van der Waals surface area contributed by atoms with Crippen LogP contribution in [-0.4, -0.2) is 35.9 Å². The first kappa shape index (κ1) is 22.2. The zero-order valence-corrected chi connectivity index (χ0v) is 16.7. The van der Waals surface area contributed by atoms with Crippen LogP contribution in [0.4, 0.5) is 18.9 Å². The Kier molecular flexibility index (Phi) is 7.42. The number of halogens is 5. The zero-order chi connectivity index (χ0) is 20.9. The number of carbonyl (C=O) groups excluding carboxylic acids is 1. The van der Waals surface area contributed by atoms with Crippen LogP contribution in [0, 0.1) is 6.92 Å². The molecule has 0 saturated carbocycles. The standard InChI is InChI=1S/C17H19Cl2F3N4O2/c1-10-15(19)16(17(20,21)22)25-26(10)9-14(27)24-7-3-6-23-11-4-5-12(18)13(8-11)28-2/h4-5,8,23H,3,6-7,9H2,1-2H3,(H,24,27). The number of methoxy groups -OCH3 is 1. The Morgan fingerprint density at radius 3 is 2.61 bits per heavy atom. The monoisotopic (exact) mass is 438 g/mol. The number of benzene rings is 1. The van der Waals surface area contributed by atoms with Gasteiger partial charge in [0.2, 0.25) is 5.91 Å². The molecule has 1 aromatic heterocycles. The number of amides is 1. The van der Waals surface area contributed by atoms with Gasteiger partial charge in [-0.15, -0.1) is 0 Å². The van der Waals surface area contributed by atoms with Crippen molar-refractivity contribution in [3.63, 3.8) is 0 Å². The second kappa shape index (κ2) is 9.38. The molecule has 11 heteroatoms. The van der Waals surface area contributed by atoms with E-state index < -0.39 is 22.8 Å². The largest absolute Gasteiger partial charge is 0.495 e. The molecule has 1 amide bonds.